The first-order valence-electron chi connectivity index (χ1n) is 3.68. The normalized spacial score (nSPS) is 10.2. The van der Waals surface area contributed by atoms with E-state index in [1.54, 1.807) is 0 Å². The van der Waals surface area contributed by atoms with Crippen LogP contribution in [0, 0.1) is 5.82 Å². The Hall–Kier alpha value is -1.16. The van der Waals surface area contributed by atoms with E-state index in [-0.39, 0.29) is 12.4 Å². The summed E-state index contributed by atoms with van der Waals surface area (Å²) >= 11 is 0. The van der Waals surface area contributed by atoms with Gasteiger partial charge in [-0.05, 0) is 12.8 Å². The van der Waals surface area contributed by atoms with Crippen molar-refractivity contribution in [2.24, 2.45) is 0 Å². The average molecular weight is 171 g/mol. The third-order valence-corrected chi connectivity index (χ3v) is 1.49. The number of aliphatic hydroxyl groups excluding tert-OH is 1. The van der Waals surface area contributed by atoms with E-state index in [1.165, 1.54) is 0 Å². The summed E-state index contributed by atoms with van der Waals surface area (Å²) in [5.41, 5.74) is 0.422. The molecule has 0 saturated carbocycles. The van der Waals surface area contributed by atoms with Crippen molar-refractivity contribution in [3.8, 4) is 5.75 Å². The molecule has 12 heavy (non-hydrogen) atoms. The Bertz CT molecular complexity index is 265. The summed E-state index contributed by atoms with van der Waals surface area (Å²) < 4.78 is 12.4. The number of aliphatic hydroxyl groups is 1. The molecule has 1 rings (SSSR count). The Labute approximate surface area is 69.5 Å². The molecular weight excluding hydrogens is 161 g/mol. The van der Waals surface area contributed by atoms with Crippen LogP contribution in [0.3, 0.4) is 0 Å². The Morgan fingerprint density at radius 1 is 1.50 bits per heavy atom. The quantitative estimate of drug-likeness (QED) is 0.708. The highest BCUT2D eigenvalue weighted by Gasteiger charge is 2.02. The second-order valence-corrected chi connectivity index (χ2v) is 2.45. The molecular formula is C8H10FNO2. The molecule has 4 heteroatoms. The maximum atomic E-state index is 12.4. The van der Waals surface area contributed by atoms with Crippen LogP contribution in [0.4, 0.5) is 4.39 Å². The lowest BCUT2D eigenvalue weighted by atomic mass is 10.2. The number of nitrogens with zero attached hydrogens (tertiary/aromatic N) is 1. The Morgan fingerprint density at radius 2 is 2.25 bits per heavy atom. The van der Waals surface area contributed by atoms with E-state index in [0.717, 1.165) is 12.3 Å². The average Bonchev–Trinajstić information content (AvgIpc) is 2.03. The molecule has 0 aliphatic heterocycles. The molecule has 0 spiro atoms. The van der Waals surface area contributed by atoms with Crippen LogP contribution in [-0.4, -0.2) is 21.8 Å². The van der Waals surface area contributed by atoms with Crippen LogP contribution >= 0.6 is 0 Å². The van der Waals surface area contributed by atoms with Gasteiger partial charge in [0, 0.05) is 12.7 Å². The molecule has 0 atom stereocenters. The highest BCUT2D eigenvalue weighted by Crippen LogP contribution is 2.16. The number of aromatic hydroxyl groups is 1. The van der Waals surface area contributed by atoms with Crippen molar-refractivity contribution in [2.75, 3.05) is 6.61 Å². The van der Waals surface area contributed by atoms with Crippen molar-refractivity contribution in [1.29, 1.82) is 0 Å². The Balaban J connectivity index is 2.72. The number of hydrogen-bond acceptors (Lipinski definition) is 3. The van der Waals surface area contributed by atoms with E-state index < -0.39 is 5.82 Å². The van der Waals surface area contributed by atoms with Crippen molar-refractivity contribution in [3.63, 3.8) is 0 Å². The van der Waals surface area contributed by atoms with Gasteiger partial charge in [-0.3, -0.25) is 4.98 Å². The van der Waals surface area contributed by atoms with Crippen LogP contribution < -0.4 is 0 Å². The van der Waals surface area contributed by atoms with Gasteiger partial charge in [0.1, 0.15) is 11.6 Å². The second kappa shape index (κ2) is 4.01. The van der Waals surface area contributed by atoms with Crippen molar-refractivity contribution < 1.29 is 14.6 Å². The van der Waals surface area contributed by atoms with Gasteiger partial charge in [0.15, 0.2) is 0 Å². The fourth-order valence-corrected chi connectivity index (χ4v) is 0.896. The van der Waals surface area contributed by atoms with Crippen LogP contribution in [-0.2, 0) is 6.42 Å². The third-order valence-electron chi connectivity index (χ3n) is 1.49. The minimum Gasteiger partial charge on any atom is -0.506 e. The van der Waals surface area contributed by atoms with Crippen molar-refractivity contribution in [1.82, 2.24) is 4.98 Å². The smallest absolute Gasteiger partial charge is 0.145 e. The number of halogens is 1. The SMILES string of the molecule is OCCCc1ncc(F)cc1O. The summed E-state index contributed by atoms with van der Waals surface area (Å²) in [4.78, 5) is 3.68. The summed E-state index contributed by atoms with van der Waals surface area (Å²) in [6.45, 7) is 0.0402. The monoisotopic (exact) mass is 171 g/mol. The molecule has 0 aliphatic rings. The maximum Gasteiger partial charge on any atom is 0.145 e. The van der Waals surface area contributed by atoms with E-state index in [1.807, 2.05) is 0 Å². The molecule has 1 aromatic rings. The number of aryl methyl sites for hydroxylation is 1. The molecule has 0 aromatic carbocycles. The molecule has 2 N–H and O–H groups in total. The minimum absolute atomic E-state index is 0.0402. The molecule has 3 nitrogen and oxygen atoms in total. The summed E-state index contributed by atoms with van der Waals surface area (Å²) in [7, 11) is 0. The lowest BCUT2D eigenvalue weighted by Gasteiger charge is -2.01. The third kappa shape index (κ3) is 2.17. The molecule has 66 valence electrons. The van der Waals surface area contributed by atoms with Gasteiger partial charge in [-0.2, -0.15) is 0 Å². The standard InChI is InChI=1S/C8H10FNO2/c9-6-4-8(12)7(10-5-6)2-1-3-11/h4-5,11-12H,1-3H2. The molecule has 0 saturated heterocycles. The zero-order valence-electron chi connectivity index (χ0n) is 6.50. The van der Waals surface area contributed by atoms with Gasteiger partial charge < -0.3 is 10.2 Å². The zero-order chi connectivity index (χ0) is 8.97. The number of aromatic nitrogens is 1. The Kier molecular flexibility index (Phi) is 2.99. The lowest BCUT2D eigenvalue weighted by Crippen LogP contribution is -1.94. The summed E-state index contributed by atoms with van der Waals surface area (Å²) in [5, 5.41) is 17.6. The van der Waals surface area contributed by atoms with Crippen LogP contribution in [0.1, 0.15) is 12.1 Å². The molecule has 1 heterocycles. The topological polar surface area (TPSA) is 53.4 Å². The number of hydrogen-bond donors (Lipinski definition) is 2. The Morgan fingerprint density at radius 3 is 2.83 bits per heavy atom. The molecule has 0 unspecified atom stereocenters. The predicted molar refractivity (Wildman–Crippen MR) is 41.3 cm³/mol. The summed E-state index contributed by atoms with van der Waals surface area (Å²) in [6.07, 6.45) is 2.03. The van der Waals surface area contributed by atoms with Crippen LogP contribution in [0.2, 0.25) is 0 Å². The van der Waals surface area contributed by atoms with Gasteiger partial charge >= 0.3 is 0 Å². The van der Waals surface area contributed by atoms with Crippen LogP contribution in [0.15, 0.2) is 12.3 Å². The molecule has 0 bridgehead atoms. The second-order valence-electron chi connectivity index (χ2n) is 2.45. The van der Waals surface area contributed by atoms with E-state index in [0.29, 0.717) is 18.5 Å². The molecule has 0 radical (unpaired) electrons. The largest absolute Gasteiger partial charge is 0.506 e. The van der Waals surface area contributed by atoms with Gasteiger partial charge in [-0.25, -0.2) is 4.39 Å². The highest BCUT2D eigenvalue weighted by molar-refractivity contribution is 5.25. The first-order valence-corrected chi connectivity index (χ1v) is 3.68. The van der Waals surface area contributed by atoms with E-state index in [2.05, 4.69) is 4.98 Å². The summed E-state index contributed by atoms with van der Waals surface area (Å²) in [5.74, 6) is -0.705. The van der Waals surface area contributed by atoms with Gasteiger partial charge in [-0.1, -0.05) is 0 Å². The fraction of sp³-hybridized carbons (Fsp3) is 0.375. The lowest BCUT2D eigenvalue weighted by molar-refractivity contribution is 0.287. The van der Waals surface area contributed by atoms with Gasteiger partial charge in [0.05, 0.1) is 11.9 Å². The molecule has 0 fully saturated rings. The maximum absolute atomic E-state index is 12.4. The zero-order valence-corrected chi connectivity index (χ0v) is 6.50. The highest BCUT2D eigenvalue weighted by atomic mass is 19.1. The molecule has 1 aromatic heterocycles. The van der Waals surface area contributed by atoms with Crippen LogP contribution in [0.25, 0.3) is 0 Å². The van der Waals surface area contributed by atoms with E-state index in [4.69, 9.17) is 10.2 Å². The fourth-order valence-electron chi connectivity index (χ4n) is 0.896. The first-order chi connectivity index (χ1) is 5.74. The number of pyridine rings is 1. The van der Waals surface area contributed by atoms with Crippen molar-refractivity contribution >= 4 is 0 Å². The van der Waals surface area contributed by atoms with Crippen LogP contribution in [0.5, 0.6) is 5.75 Å². The van der Waals surface area contributed by atoms with E-state index >= 15 is 0 Å². The predicted octanol–water partition coefficient (Wildman–Crippen LogP) is 0.851. The van der Waals surface area contributed by atoms with Gasteiger partial charge in [0.25, 0.3) is 0 Å². The molecule has 0 aliphatic carbocycles. The molecule has 0 amide bonds. The summed E-state index contributed by atoms with van der Waals surface area (Å²) in [6, 6.07) is 1.01. The van der Waals surface area contributed by atoms with Crippen molar-refractivity contribution in [3.05, 3.63) is 23.8 Å². The first kappa shape index (κ1) is 8.93. The number of rotatable bonds is 3. The minimum atomic E-state index is -0.555. The van der Waals surface area contributed by atoms with E-state index in [9.17, 15) is 4.39 Å². The van der Waals surface area contributed by atoms with Gasteiger partial charge in [-0.15, -0.1) is 0 Å². The van der Waals surface area contributed by atoms with Crippen molar-refractivity contribution in [2.45, 2.75) is 12.8 Å². The van der Waals surface area contributed by atoms with Gasteiger partial charge in [0.2, 0.25) is 0 Å².